The molecule has 1 heterocycles. The second kappa shape index (κ2) is 3.82. The fourth-order valence-electron chi connectivity index (χ4n) is 2.17. The van der Waals surface area contributed by atoms with Crippen LogP contribution in [-0.2, 0) is 11.2 Å². The number of halogens is 1. The van der Waals surface area contributed by atoms with Crippen LogP contribution in [0.2, 0.25) is 0 Å². The summed E-state index contributed by atoms with van der Waals surface area (Å²) in [5, 5.41) is 3.37. The molecule has 2 nitrogen and oxygen atoms in total. The quantitative estimate of drug-likeness (QED) is 0.831. The molecule has 1 unspecified atom stereocenters. The maximum Gasteiger partial charge on any atom is 0.123 e. The Morgan fingerprint density at radius 3 is 2.38 bits per heavy atom. The second-order valence-electron chi connectivity index (χ2n) is 5.25. The minimum Gasteiger partial charge on any atom is -0.353 e. The summed E-state index contributed by atoms with van der Waals surface area (Å²) in [4.78, 5) is 0. The molecule has 0 amide bonds. The lowest BCUT2D eigenvalue weighted by molar-refractivity contribution is -0.0785. The zero-order valence-electron chi connectivity index (χ0n) is 10.0. The first-order valence-electron chi connectivity index (χ1n) is 5.58. The molecule has 0 saturated carbocycles. The summed E-state index contributed by atoms with van der Waals surface area (Å²) in [6.07, 6.45) is 0.747. The Bertz CT molecular complexity index is 374. The largest absolute Gasteiger partial charge is 0.353 e. The zero-order valence-corrected chi connectivity index (χ0v) is 10.0. The first-order valence-corrected chi connectivity index (χ1v) is 5.58. The van der Waals surface area contributed by atoms with Gasteiger partial charge in [0.2, 0.25) is 0 Å². The van der Waals surface area contributed by atoms with E-state index in [1.807, 2.05) is 6.92 Å². The predicted molar refractivity (Wildman–Crippen MR) is 61.7 cm³/mol. The lowest BCUT2D eigenvalue weighted by Crippen LogP contribution is -2.40. The summed E-state index contributed by atoms with van der Waals surface area (Å²) >= 11 is 0. The highest BCUT2D eigenvalue weighted by Crippen LogP contribution is 2.28. The third-order valence-electron chi connectivity index (χ3n) is 2.84. The van der Waals surface area contributed by atoms with Gasteiger partial charge in [0.1, 0.15) is 11.5 Å². The number of rotatable bonds is 2. The summed E-state index contributed by atoms with van der Waals surface area (Å²) in [5.74, 6) is -0.200. The molecule has 0 bridgehead atoms. The molecule has 1 saturated heterocycles. The molecule has 1 aliphatic rings. The second-order valence-corrected chi connectivity index (χ2v) is 5.25. The van der Waals surface area contributed by atoms with Gasteiger partial charge in [-0.2, -0.15) is 0 Å². The van der Waals surface area contributed by atoms with Crippen LogP contribution in [0.3, 0.4) is 0 Å². The van der Waals surface area contributed by atoms with E-state index in [1.165, 1.54) is 12.1 Å². The van der Waals surface area contributed by atoms with Gasteiger partial charge in [0.25, 0.3) is 0 Å². The van der Waals surface area contributed by atoms with Gasteiger partial charge < -0.3 is 4.74 Å². The van der Waals surface area contributed by atoms with Gasteiger partial charge in [-0.1, -0.05) is 12.1 Å². The van der Waals surface area contributed by atoms with Crippen LogP contribution in [-0.4, -0.2) is 17.9 Å². The molecule has 0 aliphatic carbocycles. The monoisotopic (exact) mass is 223 g/mol. The van der Waals surface area contributed by atoms with Crippen LogP contribution in [0.25, 0.3) is 0 Å². The van der Waals surface area contributed by atoms with E-state index in [1.54, 1.807) is 12.1 Å². The SMILES string of the molecule is CC1(C)CNC(C)(Cc2ccc(F)cc2)O1. The molecule has 1 aliphatic heterocycles. The topological polar surface area (TPSA) is 21.3 Å². The Labute approximate surface area is 95.8 Å². The van der Waals surface area contributed by atoms with E-state index in [0.717, 1.165) is 18.5 Å². The summed E-state index contributed by atoms with van der Waals surface area (Å²) in [6.45, 7) is 7.00. The zero-order chi connectivity index (χ0) is 11.8. The number of ether oxygens (including phenoxy) is 1. The summed E-state index contributed by atoms with van der Waals surface area (Å²) in [6, 6.07) is 6.57. The van der Waals surface area contributed by atoms with Gasteiger partial charge in [-0.15, -0.1) is 0 Å². The highest BCUT2D eigenvalue weighted by atomic mass is 19.1. The van der Waals surface area contributed by atoms with Gasteiger partial charge in [0.15, 0.2) is 0 Å². The molecule has 1 fully saturated rings. The standard InChI is InChI=1S/C13H18FNO/c1-12(2)9-15-13(3,16-12)8-10-4-6-11(14)7-5-10/h4-7,15H,8-9H2,1-3H3. The number of hydrogen-bond acceptors (Lipinski definition) is 2. The first-order chi connectivity index (χ1) is 7.39. The minimum absolute atomic E-state index is 0.130. The molecule has 16 heavy (non-hydrogen) atoms. The molecule has 88 valence electrons. The molecule has 0 spiro atoms. The van der Waals surface area contributed by atoms with Gasteiger partial charge in [0.05, 0.1) is 5.60 Å². The van der Waals surface area contributed by atoms with Crippen molar-refractivity contribution in [1.29, 1.82) is 0 Å². The van der Waals surface area contributed by atoms with Crippen LogP contribution in [0.4, 0.5) is 4.39 Å². The minimum atomic E-state index is -0.346. The van der Waals surface area contributed by atoms with Crippen molar-refractivity contribution in [1.82, 2.24) is 5.32 Å². The molecular formula is C13H18FNO. The van der Waals surface area contributed by atoms with Crippen molar-refractivity contribution in [3.05, 3.63) is 35.6 Å². The van der Waals surface area contributed by atoms with E-state index in [0.29, 0.717) is 0 Å². The Morgan fingerprint density at radius 1 is 1.25 bits per heavy atom. The average Bonchev–Trinajstić information content (AvgIpc) is 2.45. The predicted octanol–water partition coefficient (Wildman–Crippen LogP) is 2.48. The van der Waals surface area contributed by atoms with Gasteiger partial charge in [0, 0.05) is 13.0 Å². The fraction of sp³-hybridized carbons (Fsp3) is 0.538. The van der Waals surface area contributed by atoms with Gasteiger partial charge >= 0.3 is 0 Å². The number of hydrogen-bond donors (Lipinski definition) is 1. The van der Waals surface area contributed by atoms with E-state index in [9.17, 15) is 4.39 Å². The fourth-order valence-corrected chi connectivity index (χ4v) is 2.17. The lowest BCUT2D eigenvalue weighted by Gasteiger charge is -2.27. The number of benzene rings is 1. The molecule has 1 atom stereocenters. The summed E-state index contributed by atoms with van der Waals surface area (Å²) < 4.78 is 18.7. The Balaban J connectivity index is 2.07. The van der Waals surface area contributed by atoms with Gasteiger partial charge in [-0.25, -0.2) is 4.39 Å². The molecular weight excluding hydrogens is 205 g/mol. The summed E-state index contributed by atoms with van der Waals surface area (Å²) in [5.41, 5.74) is 0.602. The van der Waals surface area contributed by atoms with E-state index < -0.39 is 0 Å². The smallest absolute Gasteiger partial charge is 0.123 e. The normalized spacial score (nSPS) is 28.2. The third kappa shape index (κ3) is 2.60. The molecule has 1 aromatic carbocycles. The van der Waals surface area contributed by atoms with E-state index in [-0.39, 0.29) is 17.1 Å². The van der Waals surface area contributed by atoms with Gasteiger partial charge in [-0.3, -0.25) is 5.32 Å². The highest BCUT2D eigenvalue weighted by molar-refractivity contribution is 5.18. The molecule has 1 N–H and O–H groups in total. The van der Waals surface area contributed by atoms with Crippen LogP contribution in [0.5, 0.6) is 0 Å². The average molecular weight is 223 g/mol. The van der Waals surface area contributed by atoms with Crippen molar-refractivity contribution in [2.75, 3.05) is 6.54 Å². The molecule has 2 rings (SSSR count). The van der Waals surface area contributed by atoms with Crippen LogP contribution >= 0.6 is 0 Å². The molecule has 1 aromatic rings. The van der Waals surface area contributed by atoms with Crippen molar-refractivity contribution >= 4 is 0 Å². The Hall–Kier alpha value is -0.930. The van der Waals surface area contributed by atoms with Crippen LogP contribution < -0.4 is 5.32 Å². The third-order valence-corrected chi connectivity index (χ3v) is 2.84. The van der Waals surface area contributed by atoms with E-state index >= 15 is 0 Å². The summed E-state index contributed by atoms with van der Waals surface area (Å²) in [7, 11) is 0. The van der Waals surface area contributed by atoms with Gasteiger partial charge in [-0.05, 0) is 38.5 Å². The molecule has 0 aromatic heterocycles. The van der Waals surface area contributed by atoms with Crippen LogP contribution in [0.1, 0.15) is 26.3 Å². The van der Waals surface area contributed by atoms with Crippen LogP contribution in [0.15, 0.2) is 24.3 Å². The van der Waals surface area contributed by atoms with Crippen molar-refractivity contribution in [2.24, 2.45) is 0 Å². The van der Waals surface area contributed by atoms with Crippen molar-refractivity contribution in [2.45, 2.75) is 38.5 Å². The van der Waals surface area contributed by atoms with Crippen LogP contribution in [0, 0.1) is 5.82 Å². The molecule has 0 radical (unpaired) electrons. The maximum absolute atomic E-state index is 12.8. The number of nitrogens with one attached hydrogen (secondary N) is 1. The van der Waals surface area contributed by atoms with Crippen molar-refractivity contribution in [3.63, 3.8) is 0 Å². The molecule has 3 heteroatoms. The lowest BCUT2D eigenvalue weighted by atomic mass is 10.0. The maximum atomic E-state index is 12.8. The van der Waals surface area contributed by atoms with E-state index in [2.05, 4.69) is 19.2 Å². The highest BCUT2D eigenvalue weighted by Gasteiger charge is 2.40. The van der Waals surface area contributed by atoms with E-state index in [4.69, 9.17) is 4.74 Å². The van der Waals surface area contributed by atoms with Crippen molar-refractivity contribution in [3.8, 4) is 0 Å². The Kier molecular flexibility index (Phi) is 2.76. The first kappa shape index (κ1) is 11.6. The Morgan fingerprint density at radius 2 is 1.88 bits per heavy atom. The van der Waals surface area contributed by atoms with Crippen molar-refractivity contribution < 1.29 is 9.13 Å².